The molecule has 14 heavy (non-hydrogen) atoms. The molecule has 0 N–H and O–H groups in total. The molecule has 0 spiro atoms. The highest BCUT2D eigenvalue weighted by Crippen LogP contribution is 2.31. The number of nitrogens with zero attached hydrogens (tertiary/aromatic N) is 1. The first kappa shape index (κ1) is 7.80. The molecule has 1 aromatic heterocycles. The van der Waals surface area contributed by atoms with Gasteiger partial charge in [-0.15, -0.1) is 0 Å². The summed E-state index contributed by atoms with van der Waals surface area (Å²) in [5.41, 5.74) is 3.34. The Hall–Kier alpha value is -1.57. The number of hydrogen-bond donors (Lipinski definition) is 0. The topological polar surface area (TPSA) is 22.0 Å². The average Bonchev–Trinajstić information content (AvgIpc) is 2.70. The average molecular weight is 185 g/mol. The van der Waals surface area contributed by atoms with Crippen molar-refractivity contribution in [3.05, 3.63) is 35.5 Å². The highest BCUT2D eigenvalue weighted by molar-refractivity contribution is 6.11. The SMILES string of the molecule is Cn1c2c(c3ccccc31)C(=O)CC2. The standard InChI is InChI=1S/C12H11NO/c1-13-9-5-3-2-4-8(9)12-10(13)6-7-11(12)14/h2-5H,6-7H2,1H3. The second kappa shape index (κ2) is 2.47. The second-order valence-electron chi connectivity index (χ2n) is 3.82. The van der Waals surface area contributed by atoms with Crippen LogP contribution >= 0.6 is 0 Å². The van der Waals surface area contributed by atoms with Crippen molar-refractivity contribution in [2.45, 2.75) is 12.8 Å². The molecule has 70 valence electrons. The number of ketones is 1. The molecule has 1 heterocycles. The summed E-state index contributed by atoms with van der Waals surface area (Å²) in [5, 5.41) is 1.12. The Kier molecular flexibility index (Phi) is 1.38. The molecule has 0 fully saturated rings. The molecule has 0 radical (unpaired) electrons. The first-order valence-corrected chi connectivity index (χ1v) is 4.88. The van der Waals surface area contributed by atoms with Gasteiger partial charge in [0.1, 0.15) is 0 Å². The van der Waals surface area contributed by atoms with Gasteiger partial charge in [0.2, 0.25) is 0 Å². The first-order valence-electron chi connectivity index (χ1n) is 4.88. The van der Waals surface area contributed by atoms with E-state index in [1.807, 2.05) is 25.2 Å². The van der Waals surface area contributed by atoms with E-state index in [9.17, 15) is 4.79 Å². The third kappa shape index (κ3) is 0.782. The van der Waals surface area contributed by atoms with Gasteiger partial charge in [-0.1, -0.05) is 18.2 Å². The molecule has 3 rings (SSSR count). The number of rotatable bonds is 0. The fourth-order valence-electron chi connectivity index (χ4n) is 2.41. The van der Waals surface area contributed by atoms with Crippen molar-refractivity contribution in [1.82, 2.24) is 4.57 Å². The van der Waals surface area contributed by atoms with E-state index < -0.39 is 0 Å². The van der Waals surface area contributed by atoms with Gasteiger partial charge in [0.15, 0.2) is 5.78 Å². The quantitative estimate of drug-likeness (QED) is 0.617. The predicted octanol–water partition coefficient (Wildman–Crippen LogP) is 2.31. The van der Waals surface area contributed by atoms with Gasteiger partial charge < -0.3 is 4.57 Å². The number of carbonyl (C=O) groups excluding carboxylic acids is 1. The molecule has 2 heteroatoms. The maximum absolute atomic E-state index is 11.7. The van der Waals surface area contributed by atoms with Gasteiger partial charge in [0, 0.05) is 35.6 Å². The van der Waals surface area contributed by atoms with Gasteiger partial charge in [0.05, 0.1) is 0 Å². The summed E-state index contributed by atoms with van der Waals surface area (Å²) in [5.74, 6) is 0.303. The van der Waals surface area contributed by atoms with Crippen LogP contribution in [0, 0.1) is 0 Å². The van der Waals surface area contributed by atoms with Gasteiger partial charge in [-0.25, -0.2) is 0 Å². The molecule has 1 aromatic carbocycles. The Morgan fingerprint density at radius 2 is 2.00 bits per heavy atom. The van der Waals surface area contributed by atoms with Crippen LogP contribution in [-0.2, 0) is 13.5 Å². The molecule has 0 amide bonds. The lowest BCUT2D eigenvalue weighted by Gasteiger charge is -1.99. The van der Waals surface area contributed by atoms with Crippen LogP contribution in [0.3, 0.4) is 0 Å². The van der Waals surface area contributed by atoms with Gasteiger partial charge in [-0.3, -0.25) is 4.79 Å². The van der Waals surface area contributed by atoms with Crippen LogP contribution in [0.2, 0.25) is 0 Å². The summed E-state index contributed by atoms with van der Waals surface area (Å²) in [7, 11) is 2.04. The molecular formula is C12H11NO. The maximum Gasteiger partial charge on any atom is 0.165 e. The van der Waals surface area contributed by atoms with Crippen molar-refractivity contribution >= 4 is 16.7 Å². The van der Waals surface area contributed by atoms with Crippen LogP contribution < -0.4 is 0 Å². The summed E-state index contributed by atoms with van der Waals surface area (Å²) < 4.78 is 2.15. The Morgan fingerprint density at radius 3 is 2.86 bits per heavy atom. The number of carbonyl (C=O) groups is 1. The number of aryl methyl sites for hydroxylation is 1. The van der Waals surface area contributed by atoms with Crippen molar-refractivity contribution in [3.63, 3.8) is 0 Å². The molecule has 0 bridgehead atoms. The predicted molar refractivity (Wildman–Crippen MR) is 55.6 cm³/mol. The van der Waals surface area contributed by atoms with Crippen molar-refractivity contribution < 1.29 is 4.79 Å². The van der Waals surface area contributed by atoms with Gasteiger partial charge in [-0.05, 0) is 12.5 Å². The number of benzene rings is 1. The number of hydrogen-bond acceptors (Lipinski definition) is 1. The van der Waals surface area contributed by atoms with Crippen LogP contribution in [0.4, 0.5) is 0 Å². The summed E-state index contributed by atoms with van der Waals surface area (Å²) in [6, 6.07) is 8.12. The molecule has 1 aliphatic carbocycles. The molecule has 0 saturated carbocycles. The smallest absolute Gasteiger partial charge is 0.165 e. The van der Waals surface area contributed by atoms with E-state index in [1.165, 1.54) is 11.2 Å². The summed E-state index contributed by atoms with van der Waals surface area (Å²) in [4.78, 5) is 11.7. The number of fused-ring (bicyclic) bond motifs is 3. The normalized spacial score (nSPS) is 15.1. The van der Waals surface area contributed by atoms with E-state index in [4.69, 9.17) is 0 Å². The fourth-order valence-corrected chi connectivity index (χ4v) is 2.41. The Balaban J connectivity index is 2.52. The van der Waals surface area contributed by atoms with Crippen molar-refractivity contribution in [2.75, 3.05) is 0 Å². The minimum atomic E-state index is 0.303. The van der Waals surface area contributed by atoms with Crippen molar-refractivity contribution in [2.24, 2.45) is 7.05 Å². The van der Waals surface area contributed by atoms with Crippen LogP contribution in [0.15, 0.2) is 24.3 Å². The zero-order valence-electron chi connectivity index (χ0n) is 8.08. The first-order chi connectivity index (χ1) is 6.79. The summed E-state index contributed by atoms with van der Waals surface area (Å²) >= 11 is 0. The van der Waals surface area contributed by atoms with Crippen LogP contribution in [-0.4, -0.2) is 10.4 Å². The lowest BCUT2D eigenvalue weighted by molar-refractivity contribution is 0.0996. The zero-order chi connectivity index (χ0) is 9.71. The van der Waals surface area contributed by atoms with Crippen LogP contribution in [0.5, 0.6) is 0 Å². The van der Waals surface area contributed by atoms with Gasteiger partial charge in [-0.2, -0.15) is 0 Å². The molecule has 0 atom stereocenters. The molecular weight excluding hydrogens is 174 g/mol. The molecule has 2 nitrogen and oxygen atoms in total. The van der Waals surface area contributed by atoms with E-state index in [1.54, 1.807) is 0 Å². The number of Topliss-reactive ketones (excluding diaryl/α,β-unsaturated/α-hetero) is 1. The Morgan fingerprint density at radius 1 is 1.21 bits per heavy atom. The number of aromatic nitrogens is 1. The van der Waals surface area contributed by atoms with Gasteiger partial charge >= 0.3 is 0 Å². The maximum atomic E-state index is 11.7. The molecule has 1 aliphatic rings. The summed E-state index contributed by atoms with van der Waals surface area (Å²) in [6.45, 7) is 0. The van der Waals surface area contributed by atoms with E-state index >= 15 is 0 Å². The minimum absolute atomic E-state index is 0.303. The summed E-state index contributed by atoms with van der Waals surface area (Å²) in [6.07, 6.45) is 1.59. The lowest BCUT2D eigenvalue weighted by Crippen LogP contribution is -1.92. The fraction of sp³-hybridized carbons (Fsp3) is 0.250. The Labute approximate surface area is 82.1 Å². The highest BCUT2D eigenvalue weighted by atomic mass is 16.1. The molecule has 0 saturated heterocycles. The monoisotopic (exact) mass is 185 g/mol. The van der Waals surface area contributed by atoms with E-state index in [0.717, 1.165) is 17.4 Å². The zero-order valence-corrected chi connectivity index (χ0v) is 8.08. The second-order valence-corrected chi connectivity index (χ2v) is 3.82. The van der Waals surface area contributed by atoms with E-state index in [-0.39, 0.29) is 0 Å². The largest absolute Gasteiger partial charge is 0.347 e. The van der Waals surface area contributed by atoms with E-state index in [2.05, 4.69) is 10.6 Å². The molecule has 0 aliphatic heterocycles. The highest BCUT2D eigenvalue weighted by Gasteiger charge is 2.25. The van der Waals surface area contributed by atoms with Crippen LogP contribution in [0.25, 0.3) is 10.9 Å². The van der Waals surface area contributed by atoms with Crippen molar-refractivity contribution in [1.29, 1.82) is 0 Å². The van der Waals surface area contributed by atoms with Crippen molar-refractivity contribution in [3.8, 4) is 0 Å². The van der Waals surface area contributed by atoms with Gasteiger partial charge in [0.25, 0.3) is 0 Å². The minimum Gasteiger partial charge on any atom is -0.347 e. The molecule has 2 aromatic rings. The van der Waals surface area contributed by atoms with E-state index in [0.29, 0.717) is 12.2 Å². The Bertz CT molecular complexity index is 536. The molecule has 0 unspecified atom stereocenters. The third-order valence-corrected chi connectivity index (χ3v) is 3.10. The van der Waals surface area contributed by atoms with Crippen LogP contribution in [0.1, 0.15) is 22.5 Å². The third-order valence-electron chi connectivity index (χ3n) is 3.10. The lowest BCUT2D eigenvalue weighted by atomic mass is 10.1. The number of para-hydroxylation sites is 1.